The minimum atomic E-state index is 0.138. The molecule has 0 saturated heterocycles. The SMILES string of the molecule is Cc1ccc(O)c(-c2oncc2N)c1. The molecule has 72 valence electrons. The molecular formula is C10H10N2O2. The normalized spacial score (nSPS) is 10.4. The van der Waals surface area contributed by atoms with Crippen LogP contribution in [0.4, 0.5) is 5.69 Å². The average molecular weight is 190 g/mol. The molecule has 1 aromatic carbocycles. The maximum absolute atomic E-state index is 9.59. The van der Waals surface area contributed by atoms with Crippen molar-refractivity contribution in [3.05, 3.63) is 30.0 Å². The standard InChI is InChI=1S/C10H10N2O2/c1-6-2-3-9(13)7(4-6)10-8(11)5-12-14-10/h2-5,13H,11H2,1H3. The van der Waals surface area contributed by atoms with Gasteiger partial charge in [0, 0.05) is 0 Å². The predicted octanol–water partition coefficient (Wildman–Crippen LogP) is 1.94. The summed E-state index contributed by atoms with van der Waals surface area (Å²) in [6.07, 6.45) is 1.41. The quantitative estimate of drug-likeness (QED) is 0.720. The third-order valence-electron chi connectivity index (χ3n) is 1.99. The summed E-state index contributed by atoms with van der Waals surface area (Å²) in [5, 5.41) is 13.1. The second-order valence-electron chi connectivity index (χ2n) is 3.13. The molecule has 0 fully saturated rings. The summed E-state index contributed by atoms with van der Waals surface area (Å²) in [6.45, 7) is 1.93. The van der Waals surface area contributed by atoms with E-state index in [0.29, 0.717) is 17.0 Å². The molecule has 0 aliphatic rings. The van der Waals surface area contributed by atoms with Crippen LogP contribution < -0.4 is 5.73 Å². The summed E-state index contributed by atoms with van der Waals surface area (Å²) in [6, 6.07) is 5.21. The fourth-order valence-corrected chi connectivity index (χ4v) is 1.28. The van der Waals surface area contributed by atoms with Crippen molar-refractivity contribution < 1.29 is 9.63 Å². The van der Waals surface area contributed by atoms with Gasteiger partial charge in [-0.3, -0.25) is 0 Å². The molecule has 2 rings (SSSR count). The summed E-state index contributed by atoms with van der Waals surface area (Å²) in [7, 11) is 0. The van der Waals surface area contributed by atoms with E-state index in [1.165, 1.54) is 6.20 Å². The number of nitrogens with zero attached hydrogens (tertiary/aromatic N) is 1. The minimum absolute atomic E-state index is 0.138. The molecule has 0 aliphatic heterocycles. The first-order valence-electron chi connectivity index (χ1n) is 4.18. The number of nitrogens with two attached hydrogens (primary N) is 1. The number of anilines is 1. The molecule has 14 heavy (non-hydrogen) atoms. The van der Waals surface area contributed by atoms with Crippen LogP contribution in [-0.4, -0.2) is 10.3 Å². The molecule has 0 atom stereocenters. The van der Waals surface area contributed by atoms with Gasteiger partial charge in [0.2, 0.25) is 0 Å². The number of benzene rings is 1. The average Bonchev–Trinajstić information content (AvgIpc) is 2.56. The van der Waals surface area contributed by atoms with Crippen molar-refractivity contribution in [2.24, 2.45) is 0 Å². The Morgan fingerprint density at radius 1 is 1.43 bits per heavy atom. The highest BCUT2D eigenvalue weighted by atomic mass is 16.5. The Hall–Kier alpha value is -1.97. The molecule has 0 radical (unpaired) electrons. The van der Waals surface area contributed by atoms with E-state index in [-0.39, 0.29) is 5.75 Å². The summed E-state index contributed by atoms with van der Waals surface area (Å²) in [4.78, 5) is 0. The Bertz CT molecular complexity index is 463. The Kier molecular flexibility index (Phi) is 1.89. The van der Waals surface area contributed by atoms with Gasteiger partial charge in [-0.1, -0.05) is 16.8 Å². The predicted molar refractivity (Wildman–Crippen MR) is 52.8 cm³/mol. The zero-order chi connectivity index (χ0) is 10.1. The first kappa shape index (κ1) is 8.62. The smallest absolute Gasteiger partial charge is 0.193 e. The lowest BCUT2D eigenvalue weighted by Crippen LogP contribution is -1.86. The van der Waals surface area contributed by atoms with Gasteiger partial charge in [-0.2, -0.15) is 0 Å². The molecule has 0 aliphatic carbocycles. The van der Waals surface area contributed by atoms with Gasteiger partial charge in [0.1, 0.15) is 11.4 Å². The third-order valence-corrected chi connectivity index (χ3v) is 1.99. The molecule has 2 aromatic rings. The van der Waals surface area contributed by atoms with Crippen molar-refractivity contribution >= 4 is 5.69 Å². The molecule has 4 nitrogen and oxygen atoms in total. The summed E-state index contributed by atoms with van der Waals surface area (Å²) in [5.74, 6) is 0.547. The zero-order valence-electron chi connectivity index (χ0n) is 7.69. The number of hydrogen-bond acceptors (Lipinski definition) is 4. The molecule has 1 aromatic heterocycles. The van der Waals surface area contributed by atoms with Crippen molar-refractivity contribution in [1.82, 2.24) is 5.16 Å². The lowest BCUT2D eigenvalue weighted by Gasteiger charge is -2.02. The molecular weight excluding hydrogens is 180 g/mol. The molecule has 1 heterocycles. The second kappa shape index (κ2) is 3.06. The van der Waals surface area contributed by atoms with Crippen LogP contribution in [0.15, 0.2) is 28.9 Å². The highest BCUT2D eigenvalue weighted by Crippen LogP contribution is 2.33. The number of nitrogen functional groups attached to an aromatic ring is 1. The van der Waals surface area contributed by atoms with Gasteiger partial charge in [0.25, 0.3) is 0 Å². The number of rotatable bonds is 1. The Labute approximate surface area is 81.0 Å². The van der Waals surface area contributed by atoms with Crippen molar-refractivity contribution in [3.63, 3.8) is 0 Å². The Morgan fingerprint density at radius 2 is 2.21 bits per heavy atom. The molecule has 3 N–H and O–H groups in total. The number of aryl methyl sites for hydroxylation is 1. The van der Waals surface area contributed by atoms with Crippen LogP contribution in [0, 0.1) is 6.92 Å². The maximum Gasteiger partial charge on any atom is 0.193 e. The van der Waals surface area contributed by atoms with Crippen LogP contribution in [-0.2, 0) is 0 Å². The monoisotopic (exact) mass is 190 g/mol. The van der Waals surface area contributed by atoms with Gasteiger partial charge in [0.15, 0.2) is 5.76 Å². The lowest BCUT2D eigenvalue weighted by atomic mass is 10.1. The molecule has 0 bridgehead atoms. The van der Waals surface area contributed by atoms with E-state index in [9.17, 15) is 5.11 Å². The van der Waals surface area contributed by atoms with Gasteiger partial charge < -0.3 is 15.4 Å². The van der Waals surface area contributed by atoms with Crippen molar-refractivity contribution in [1.29, 1.82) is 0 Å². The zero-order valence-corrected chi connectivity index (χ0v) is 7.69. The van der Waals surface area contributed by atoms with Crippen molar-refractivity contribution in [2.45, 2.75) is 6.92 Å². The molecule has 0 unspecified atom stereocenters. The van der Waals surface area contributed by atoms with E-state index in [2.05, 4.69) is 5.16 Å². The number of aromatic hydroxyl groups is 1. The highest BCUT2D eigenvalue weighted by Gasteiger charge is 2.12. The van der Waals surface area contributed by atoms with Crippen LogP contribution in [0.3, 0.4) is 0 Å². The number of phenols is 1. The Balaban J connectivity index is 2.62. The van der Waals surface area contributed by atoms with Gasteiger partial charge >= 0.3 is 0 Å². The minimum Gasteiger partial charge on any atom is -0.507 e. The second-order valence-corrected chi connectivity index (χ2v) is 3.13. The molecule has 0 saturated carbocycles. The van der Waals surface area contributed by atoms with Gasteiger partial charge in [-0.15, -0.1) is 0 Å². The number of aromatic nitrogens is 1. The van der Waals surface area contributed by atoms with Crippen LogP contribution >= 0.6 is 0 Å². The van der Waals surface area contributed by atoms with Gasteiger partial charge in [-0.25, -0.2) is 0 Å². The summed E-state index contributed by atoms with van der Waals surface area (Å²) in [5.41, 5.74) is 7.64. The first-order valence-corrected chi connectivity index (χ1v) is 4.18. The van der Waals surface area contributed by atoms with E-state index < -0.39 is 0 Å². The van der Waals surface area contributed by atoms with Crippen LogP contribution in [0.1, 0.15) is 5.56 Å². The topological polar surface area (TPSA) is 72.3 Å². The van der Waals surface area contributed by atoms with E-state index in [4.69, 9.17) is 10.3 Å². The fourth-order valence-electron chi connectivity index (χ4n) is 1.28. The maximum atomic E-state index is 9.59. The Morgan fingerprint density at radius 3 is 2.86 bits per heavy atom. The summed E-state index contributed by atoms with van der Waals surface area (Å²) < 4.78 is 4.95. The number of hydrogen-bond donors (Lipinski definition) is 2. The molecule has 0 amide bonds. The van der Waals surface area contributed by atoms with E-state index in [1.807, 2.05) is 13.0 Å². The van der Waals surface area contributed by atoms with Crippen LogP contribution in [0.5, 0.6) is 5.75 Å². The lowest BCUT2D eigenvalue weighted by molar-refractivity contribution is 0.426. The molecule has 4 heteroatoms. The highest BCUT2D eigenvalue weighted by molar-refractivity contribution is 5.75. The summed E-state index contributed by atoms with van der Waals surface area (Å²) >= 11 is 0. The van der Waals surface area contributed by atoms with Crippen LogP contribution in [0.2, 0.25) is 0 Å². The van der Waals surface area contributed by atoms with E-state index in [0.717, 1.165) is 5.56 Å². The van der Waals surface area contributed by atoms with E-state index >= 15 is 0 Å². The van der Waals surface area contributed by atoms with E-state index in [1.54, 1.807) is 12.1 Å². The largest absolute Gasteiger partial charge is 0.507 e. The van der Waals surface area contributed by atoms with Crippen molar-refractivity contribution in [3.8, 4) is 17.1 Å². The number of phenolic OH excluding ortho intramolecular Hbond substituents is 1. The van der Waals surface area contributed by atoms with Crippen molar-refractivity contribution in [2.75, 3.05) is 5.73 Å². The first-order chi connectivity index (χ1) is 6.68. The fraction of sp³-hybridized carbons (Fsp3) is 0.100. The third kappa shape index (κ3) is 1.31. The molecule has 0 spiro atoms. The van der Waals surface area contributed by atoms with Crippen LogP contribution in [0.25, 0.3) is 11.3 Å². The van der Waals surface area contributed by atoms with Gasteiger partial charge in [-0.05, 0) is 19.1 Å². The van der Waals surface area contributed by atoms with Gasteiger partial charge in [0.05, 0.1) is 11.8 Å².